The highest BCUT2D eigenvalue weighted by atomic mass is 32.1. The van der Waals surface area contributed by atoms with Crippen LogP contribution in [-0.4, -0.2) is 34.8 Å². The fraction of sp³-hybridized carbons (Fsp3) is 0.667. The third kappa shape index (κ3) is 3.59. The zero-order chi connectivity index (χ0) is 9.72. The van der Waals surface area contributed by atoms with Gasteiger partial charge in [0.1, 0.15) is 6.04 Å². The fourth-order valence-corrected chi connectivity index (χ4v) is 0.631. The van der Waals surface area contributed by atoms with Crippen molar-refractivity contribution >= 4 is 24.5 Å². The molecule has 0 fully saturated rings. The summed E-state index contributed by atoms with van der Waals surface area (Å²) in [7, 11) is 0. The highest BCUT2D eigenvalue weighted by molar-refractivity contribution is 7.80. The van der Waals surface area contributed by atoms with Crippen LogP contribution in [0.15, 0.2) is 0 Å². The smallest absolute Gasteiger partial charge is 0.325 e. The van der Waals surface area contributed by atoms with Gasteiger partial charge < -0.3 is 16.2 Å². The zero-order valence-electron chi connectivity index (χ0n) is 6.65. The second kappa shape index (κ2) is 5.00. The van der Waals surface area contributed by atoms with E-state index in [1.165, 1.54) is 6.92 Å². The first-order chi connectivity index (χ1) is 5.49. The quantitative estimate of drug-likeness (QED) is 0.422. The molecular weight excluding hydrogens is 180 g/mol. The van der Waals surface area contributed by atoms with Crippen LogP contribution in [0.25, 0.3) is 0 Å². The van der Waals surface area contributed by atoms with E-state index in [0.29, 0.717) is 0 Å². The van der Waals surface area contributed by atoms with Gasteiger partial charge >= 0.3 is 5.97 Å². The lowest BCUT2D eigenvalue weighted by Crippen LogP contribution is -2.47. The number of rotatable bonds is 4. The average molecular weight is 192 g/mol. The third-order valence-corrected chi connectivity index (χ3v) is 1.66. The largest absolute Gasteiger partial charge is 0.480 e. The van der Waals surface area contributed by atoms with E-state index in [2.05, 4.69) is 17.9 Å². The molecule has 0 aliphatic carbocycles. The molecule has 5 nitrogen and oxygen atoms in total. The number of amides is 1. The molecule has 0 aromatic rings. The maximum atomic E-state index is 10.9. The lowest BCUT2D eigenvalue weighted by molar-refractivity contribution is -0.141. The van der Waals surface area contributed by atoms with Crippen molar-refractivity contribution in [3.8, 4) is 0 Å². The molecule has 0 aromatic carbocycles. The molecule has 0 saturated carbocycles. The molecule has 6 heteroatoms. The summed E-state index contributed by atoms with van der Waals surface area (Å²) in [5, 5.41) is 10.6. The van der Waals surface area contributed by atoms with Gasteiger partial charge in [-0.3, -0.25) is 9.59 Å². The molecule has 0 heterocycles. The number of carbonyl (C=O) groups is 2. The first-order valence-electron chi connectivity index (χ1n) is 3.38. The van der Waals surface area contributed by atoms with Crippen LogP contribution in [0.4, 0.5) is 0 Å². The van der Waals surface area contributed by atoms with Crippen LogP contribution in [0, 0.1) is 0 Å². The van der Waals surface area contributed by atoms with Gasteiger partial charge in [0.15, 0.2) is 0 Å². The van der Waals surface area contributed by atoms with Crippen molar-refractivity contribution in [2.24, 2.45) is 5.73 Å². The lowest BCUT2D eigenvalue weighted by Gasteiger charge is -2.12. The molecule has 0 rings (SSSR count). The SMILES string of the molecule is C[C@@H](NC(=O)[C@@H](N)CS)C(=O)O. The maximum Gasteiger partial charge on any atom is 0.325 e. The van der Waals surface area contributed by atoms with Gasteiger partial charge in [0.2, 0.25) is 5.91 Å². The van der Waals surface area contributed by atoms with Gasteiger partial charge in [-0.2, -0.15) is 12.6 Å². The number of carboxylic acids is 1. The van der Waals surface area contributed by atoms with Gasteiger partial charge in [-0.25, -0.2) is 0 Å². The Balaban J connectivity index is 3.92. The second-order valence-corrected chi connectivity index (χ2v) is 2.72. The monoisotopic (exact) mass is 192 g/mol. The molecule has 0 spiro atoms. The summed E-state index contributed by atoms with van der Waals surface area (Å²) in [4.78, 5) is 21.2. The molecule has 0 unspecified atom stereocenters. The molecular formula is C6H12N2O3S. The molecule has 4 N–H and O–H groups in total. The predicted octanol–water partition coefficient (Wildman–Crippen LogP) is -1.17. The van der Waals surface area contributed by atoms with E-state index in [1.807, 2.05) is 0 Å². The highest BCUT2D eigenvalue weighted by Crippen LogP contribution is 1.86. The van der Waals surface area contributed by atoms with E-state index >= 15 is 0 Å². The molecule has 0 bridgehead atoms. The zero-order valence-corrected chi connectivity index (χ0v) is 7.54. The molecule has 0 aliphatic heterocycles. The van der Waals surface area contributed by atoms with E-state index < -0.39 is 24.0 Å². The minimum atomic E-state index is -1.09. The Morgan fingerprint density at radius 2 is 2.17 bits per heavy atom. The summed E-state index contributed by atoms with van der Waals surface area (Å²) in [6.45, 7) is 1.37. The lowest BCUT2D eigenvalue weighted by atomic mass is 10.3. The van der Waals surface area contributed by atoms with Gasteiger partial charge in [-0.05, 0) is 6.92 Å². The van der Waals surface area contributed by atoms with E-state index in [4.69, 9.17) is 10.8 Å². The van der Waals surface area contributed by atoms with Gasteiger partial charge in [0.25, 0.3) is 0 Å². The molecule has 0 saturated heterocycles. The Hall–Kier alpha value is -0.750. The van der Waals surface area contributed by atoms with Gasteiger partial charge in [-0.15, -0.1) is 0 Å². The number of carboxylic acid groups (broad SMARTS) is 1. The highest BCUT2D eigenvalue weighted by Gasteiger charge is 2.17. The van der Waals surface area contributed by atoms with Crippen LogP contribution in [0.3, 0.4) is 0 Å². The first kappa shape index (κ1) is 11.2. The van der Waals surface area contributed by atoms with Crippen molar-refractivity contribution in [1.82, 2.24) is 5.32 Å². The molecule has 2 atom stereocenters. The van der Waals surface area contributed by atoms with Crippen molar-refractivity contribution < 1.29 is 14.7 Å². The number of carbonyl (C=O) groups excluding carboxylic acids is 1. The van der Waals surface area contributed by atoms with Crippen LogP contribution < -0.4 is 11.1 Å². The molecule has 0 aliphatic rings. The van der Waals surface area contributed by atoms with Crippen LogP contribution in [-0.2, 0) is 9.59 Å². The Labute approximate surface area is 75.7 Å². The normalized spacial score (nSPS) is 14.9. The number of hydrogen-bond acceptors (Lipinski definition) is 4. The number of aliphatic carboxylic acids is 1. The number of nitrogens with two attached hydrogens (primary N) is 1. The Morgan fingerprint density at radius 3 is 2.50 bits per heavy atom. The van der Waals surface area contributed by atoms with Gasteiger partial charge in [0.05, 0.1) is 6.04 Å². The van der Waals surface area contributed by atoms with Crippen molar-refractivity contribution in [2.75, 3.05) is 5.75 Å². The summed E-state index contributed by atoms with van der Waals surface area (Å²) in [5.41, 5.74) is 5.28. The molecule has 0 radical (unpaired) electrons. The van der Waals surface area contributed by atoms with Crippen molar-refractivity contribution in [1.29, 1.82) is 0 Å². The van der Waals surface area contributed by atoms with E-state index in [9.17, 15) is 9.59 Å². The maximum absolute atomic E-state index is 10.9. The summed E-state index contributed by atoms with van der Waals surface area (Å²) in [6, 6.07) is -1.67. The van der Waals surface area contributed by atoms with Crippen molar-refractivity contribution in [3.05, 3.63) is 0 Å². The third-order valence-electron chi connectivity index (χ3n) is 1.26. The summed E-state index contributed by atoms with van der Waals surface area (Å²) >= 11 is 3.80. The van der Waals surface area contributed by atoms with Crippen LogP contribution >= 0.6 is 12.6 Å². The molecule has 1 amide bonds. The topological polar surface area (TPSA) is 92.4 Å². The van der Waals surface area contributed by atoms with Crippen LogP contribution in [0.5, 0.6) is 0 Å². The minimum Gasteiger partial charge on any atom is -0.480 e. The van der Waals surface area contributed by atoms with Crippen LogP contribution in [0.1, 0.15) is 6.92 Å². The summed E-state index contributed by atoms with van der Waals surface area (Å²) in [5.74, 6) is -1.40. The molecule has 0 aromatic heterocycles. The predicted molar refractivity (Wildman–Crippen MR) is 47.1 cm³/mol. The summed E-state index contributed by atoms with van der Waals surface area (Å²) in [6.07, 6.45) is 0. The van der Waals surface area contributed by atoms with Crippen molar-refractivity contribution in [3.63, 3.8) is 0 Å². The van der Waals surface area contributed by atoms with E-state index in [0.717, 1.165) is 0 Å². The van der Waals surface area contributed by atoms with E-state index in [-0.39, 0.29) is 5.75 Å². The van der Waals surface area contributed by atoms with Crippen molar-refractivity contribution in [2.45, 2.75) is 19.0 Å². The number of hydrogen-bond donors (Lipinski definition) is 4. The molecule has 70 valence electrons. The van der Waals surface area contributed by atoms with Crippen LogP contribution in [0.2, 0.25) is 0 Å². The number of thiol groups is 1. The first-order valence-corrected chi connectivity index (χ1v) is 4.02. The fourth-order valence-electron chi connectivity index (χ4n) is 0.465. The Morgan fingerprint density at radius 1 is 1.67 bits per heavy atom. The summed E-state index contributed by atoms with van der Waals surface area (Å²) < 4.78 is 0. The van der Waals surface area contributed by atoms with Gasteiger partial charge in [-0.1, -0.05) is 0 Å². The minimum absolute atomic E-state index is 0.193. The second-order valence-electron chi connectivity index (χ2n) is 2.36. The molecule has 12 heavy (non-hydrogen) atoms. The Kier molecular flexibility index (Phi) is 4.68. The Bertz CT molecular complexity index is 186. The van der Waals surface area contributed by atoms with Gasteiger partial charge in [0, 0.05) is 5.75 Å². The number of nitrogens with one attached hydrogen (secondary N) is 1. The van der Waals surface area contributed by atoms with E-state index in [1.54, 1.807) is 0 Å². The standard InChI is InChI=1S/C6H12N2O3S/c1-3(6(10)11)8-5(9)4(7)2-12/h3-4,12H,2,7H2,1H3,(H,8,9)(H,10,11)/t3-,4+/m1/s1. The average Bonchev–Trinajstić information content (AvgIpc) is 2.02.